The summed E-state index contributed by atoms with van der Waals surface area (Å²) >= 11 is 0. The standard InChI is InChI=1S/C16H22O6/c1-19-15(17)7-9-21-11-13-3-5-14(6-4-13)12-22-10-8-16(18)20-2/h3-6H,7-12H2,1-2H3. The van der Waals surface area contributed by atoms with Crippen molar-refractivity contribution in [3.05, 3.63) is 35.4 Å². The zero-order valence-electron chi connectivity index (χ0n) is 13.0. The number of carbonyl (C=O) groups excluding carboxylic acids is 2. The molecule has 6 heteroatoms. The fourth-order valence-corrected chi connectivity index (χ4v) is 1.63. The predicted molar refractivity (Wildman–Crippen MR) is 79.0 cm³/mol. The Morgan fingerprint density at radius 1 is 0.773 bits per heavy atom. The first-order chi connectivity index (χ1) is 10.7. The van der Waals surface area contributed by atoms with Crippen LogP contribution in [0.5, 0.6) is 0 Å². The second-order valence-electron chi connectivity index (χ2n) is 4.57. The van der Waals surface area contributed by atoms with Crippen molar-refractivity contribution in [3.8, 4) is 0 Å². The molecule has 0 radical (unpaired) electrons. The fourth-order valence-electron chi connectivity index (χ4n) is 1.63. The van der Waals surface area contributed by atoms with Gasteiger partial charge in [0.25, 0.3) is 0 Å². The molecule has 0 saturated carbocycles. The second kappa shape index (κ2) is 10.8. The van der Waals surface area contributed by atoms with Crippen molar-refractivity contribution in [1.82, 2.24) is 0 Å². The van der Waals surface area contributed by atoms with Crippen LogP contribution in [0.25, 0.3) is 0 Å². The lowest BCUT2D eigenvalue weighted by molar-refractivity contribution is -0.142. The summed E-state index contributed by atoms with van der Waals surface area (Å²) in [4.78, 5) is 21.8. The average Bonchev–Trinajstić information content (AvgIpc) is 2.56. The summed E-state index contributed by atoms with van der Waals surface area (Å²) < 4.78 is 19.8. The zero-order valence-corrected chi connectivity index (χ0v) is 13.0. The van der Waals surface area contributed by atoms with Gasteiger partial charge in [-0.15, -0.1) is 0 Å². The molecule has 0 heterocycles. The molecule has 0 fully saturated rings. The molecule has 0 atom stereocenters. The van der Waals surface area contributed by atoms with Gasteiger partial charge < -0.3 is 18.9 Å². The van der Waals surface area contributed by atoms with E-state index in [0.29, 0.717) is 26.4 Å². The normalized spacial score (nSPS) is 10.3. The molecule has 0 amide bonds. The average molecular weight is 310 g/mol. The Morgan fingerprint density at radius 3 is 1.45 bits per heavy atom. The van der Waals surface area contributed by atoms with Crippen LogP contribution in [0.15, 0.2) is 24.3 Å². The first-order valence-electron chi connectivity index (χ1n) is 7.02. The van der Waals surface area contributed by atoms with Gasteiger partial charge in [0.05, 0.1) is 53.5 Å². The number of hydrogen-bond donors (Lipinski definition) is 0. The fraction of sp³-hybridized carbons (Fsp3) is 0.500. The molecule has 22 heavy (non-hydrogen) atoms. The van der Waals surface area contributed by atoms with Gasteiger partial charge in [-0.25, -0.2) is 0 Å². The summed E-state index contributed by atoms with van der Waals surface area (Å²) in [7, 11) is 2.71. The van der Waals surface area contributed by atoms with Crippen molar-refractivity contribution in [2.45, 2.75) is 26.1 Å². The lowest BCUT2D eigenvalue weighted by Gasteiger charge is -2.06. The van der Waals surface area contributed by atoms with E-state index in [1.54, 1.807) is 0 Å². The Bertz CT molecular complexity index is 411. The van der Waals surface area contributed by atoms with Crippen LogP contribution in [0.4, 0.5) is 0 Å². The van der Waals surface area contributed by atoms with Gasteiger partial charge in [-0.1, -0.05) is 24.3 Å². The van der Waals surface area contributed by atoms with E-state index in [0.717, 1.165) is 11.1 Å². The molecule has 1 aromatic carbocycles. The van der Waals surface area contributed by atoms with Gasteiger partial charge in [-0.2, -0.15) is 0 Å². The Hall–Kier alpha value is -1.92. The summed E-state index contributed by atoms with van der Waals surface area (Å²) in [6.07, 6.45) is 0.505. The molecule has 0 saturated heterocycles. The molecule has 1 rings (SSSR count). The number of methoxy groups -OCH3 is 2. The van der Waals surface area contributed by atoms with Crippen LogP contribution >= 0.6 is 0 Å². The molecule has 0 bridgehead atoms. The molecule has 0 unspecified atom stereocenters. The molecule has 0 aliphatic heterocycles. The number of hydrogen-bond acceptors (Lipinski definition) is 6. The highest BCUT2D eigenvalue weighted by Crippen LogP contribution is 2.07. The van der Waals surface area contributed by atoms with Gasteiger partial charge in [-0.05, 0) is 11.1 Å². The molecule has 0 aromatic heterocycles. The topological polar surface area (TPSA) is 71.1 Å². The maximum Gasteiger partial charge on any atom is 0.307 e. The smallest absolute Gasteiger partial charge is 0.307 e. The van der Waals surface area contributed by atoms with Crippen molar-refractivity contribution in [1.29, 1.82) is 0 Å². The van der Waals surface area contributed by atoms with Crippen LogP contribution in [0.2, 0.25) is 0 Å². The zero-order chi connectivity index (χ0) is 16.2. The minimum Gasteiger partial charge on any atom is -0.469 e. The number of benzene rings is 1. The van der Waals surface area contributed by atoms with Gasteiger partial charge in [0, 0.05) is 0 Å². The van der Waals surface area contributed by atoms with Crippen molar-refractivity contribution < 1.29 is 28.5 Å². The lowest BCUT2D eigenvalue weighted by atomic mass is 10.1. The highest BCUT2D eigenvalue weighted by Gasteiger charge is 2.02. The van der Waals surface area contributed by atoms with E-state index in [4.69, 9.17) is 9.47 Å². The molecule has 122 valence electrons. The third-order valence-corrected chi connectivity index (χ3v) is 2.92. The molecule has 0 N–H and O–H groups in total. The Morgan fingerprint density at radius 2 is 1.14 bits per heavy atom. The predicted octanol–water partition coefficient (Wildman–Crippen LogP) is 1.85. The van der Waals surface area contributed by atoms with Gasteiger partial charge in [0.1, 0.15) is 0 Å². The third-order valence-electron chi connectivity index (χ3n) is 2.92. The van der Waals surface area contributed by atoms with Crippen LogP contribution in [0.1, 0.15) is 24.0 Å². The van der Waals surface area contributed by atoms with Crippen molar-refractivity contribution in [3.63, 3.8) is 0 Å². The Balaban J connectivity index is 2.19. The van der Waals surface area contributed by atoms with E-state index in [1.165, 1.54) is 14.2 Å². The number of rotatable bonds is 10. The van der Waals surface area contributed by atoms with Crippen LogP contribution in [0, 0.1) is 0 Å². The number of carbonyl (C=O) groups is 2. The van der Waals surface area contributed by atoms with Crippen LogP contribution < -0.4 is 0 Å². The van der Waals surface area contributed by atoms with E-state index in [2.05, 4.69) is 9.47 Å². The summed E-state index contributed by atoms with van der Waals surface area (Å²) in [5.41, 5.74) is 2.03. The Labute approximate surface area is 130 Å². The minimum absolute atomic E-state index is 0.253. The van der Waals surface area contributed by atoms with Crippen LogP contribution in [-0.2, 0) is 41.8 Å². The SMILES string of the molecule is COC(=O)CCOCc1ccc(COCCC(=O)OC)cc1. The largest absolute Gasteiger partial charge is 0.469 e. The lowest BCUT2D eigenvalue weighted by Crippen LogP contribution is -2.06. The maximum absolute atomic E-state index is 10.9. The number of ether oxygens (including phenoxy) is 4. The van der Waals surface area contributed by atoms with E-state index >= 15 is 0 Å². The number of esters is 2. The molecule has 0 aliphatic rings. The molecule has 1 aromatic rings. The first-order valence-corrected chi connectivity index (χ1v) is 7.02. The first kappa shape index (κ1) is 18.1. The van der Waals surface area contributed by atoms with Crippen LogP contribution in [-0.4, -0.2) is 39.4 Å². The van der Waals surface area contributed by atoms with Gasteiger partial charge in [-0.3, -0.25) is 9.59 Å². The summed E-state index contributed by atoms with van der Waals surface area (Å²) in [5.74, 6) is -0.557. The van der Waals surface area contributed by atoms with Gasteiger partial charge in [0.15, 0.2) is 0 Å². The van der Waals surface area contributed by atoms with E-state index in [9.17, 15) is 9.59 Å². The highest BCUT2D eigenvalue weighted by molar-refractivity contribution is 5.69. The quantitative estimate of drug-likeness (QED) is 0.485. The van der Waals surface area contributed by atoms with Crippen LogP contribution in [0.3, 0.4) is 0 Å². The van der Waals surface area contributed by atoms with Gasteiger partial charge >= 0.3 is 11.9 Å². The van der Waals surface area contributed by atoms with E-state index in [-0.39, 0.29) is 24.8 Å². The highest BCUT2D eigenvalue weighted by atomic mass is 16.5. The molecule has 0 spiro atoms. The van der Waals surface area contributed by atoms with Crippen molar-refractivity contribution in [2.75, 3.05) is 27.4 Å². The summed E-state index contributed by atoms with van der Waals surface area (Å²) in [6, 6.07) is 7.77. The molecular weight excluding hydrogens is 288 g/mol. The monoisotopic (exact) mass is 310 g/mol. The summed E-state index contributed by atoms with van der Waals surface area (Å²) in [5, 5.41) is 0. The Kier molecular flexibility index (Phi) is 8.86. The third kappa shape index (κ3) is 7.75. The molecular formula is C16H22O6. The molecule has 0 aliphatic carbocycles. The minimum atomic E-state index is -0.278. The molecule has 6 nitrogen and oxygen atoms in total. The van der Waals surface area contributed by atoms with E-state index in [1.807, 2.05) is 24.3 Å². The van der Waals surface area contributed by atoms with Crippen molar-refractivity contribution in [2.24, 2.45) is 0 Å². The maximum atomic E-state index is 10.9. The van der Waals surface area contributed by atoms with Crippen molar-refractivity contribution >= 4 is 11.9 Å². The summed E-state index contributed by atoms with van der Waals surface area (Å²) in [6.45, 7) is 1.57. The van der Waals surface area contributed by atoms with E-state index < -0.39 is 0 Å². The second-order valence-corrected chi connectivity index (χ2v) is 4.57. The van der Waals surface area contributed by atoms with Gasteiger partial charge in [0.2, 0.25) is 0 Å².